The van der Waals surface area contributed by atoms with E-state index >= 15 is 0 Å². The number of aliphatic hydroxyl groups excluding tert-OH is 1. The van der Waals surface area contributed by atoms with E-state index in [1.54, 1.807) is 30.0 Å². The standard InChI is InChI=1S/C21H23N3O4/c1-5-24-10-11(2)19-18(20(24)25)17(16(21(26)27)12(3)23-19)14-7-6-13(9-22)8-15(14)28-4/h6-8,10,17,20,23,25H,5H2,1-4H3,(H,26,27). The third-order valence-corrected chi connectivity index (χ3v) is 5.22. The molecule has 3 rings (SSSR count). The second kappa shape index (κ2) is 7.41. The molecule has 0 saturated heterocycles. The molecule has 0 spiro atoms. The number of ether oxygens (including phenoxy) is 1. The summed E-state index contributed by atoms with van der Waals surface area (Å²) in [5.74, 6) is -1.38. The highest BCUT2D eigenvalue weighted by molar-refractivity contribution is 5.91. The van der Waals surface area contributed by atoms with Crippen LogP contribution in [0.2, 0.25) is 0 Å². The molecule has 2 heterocycles. The summed E-state index contributed by atoms with van der Waals surface area (Å²) in [6.45, 7) is 6.12. The molecule has 2 unspecified atom stereocenters. The summed E-state index contributed by atoms with van der Waals surface area (Å²) < 4.78 is 5.48. The van der Waals surface area contributed by atoms with Crippen LogP contribution in [0.5, 0.6) is 5.75 Å². The Morgan fingerprint density at radius 2 is 2.11 bits per heavy atom. The molecule has 0 aromatic heterocycles. The zero-order chi connectivity index (χ0) is 20.6. The molecule has 2 aliphatic rings. The first-order valence-electron chi connectivity index (χ1n) is 8.99. The largest absolute Gasteiger partial charge is 0.496 e. The van der Waals surface area contributed by atoms with E-state index in [0.29, 0.717) is 34.7 Å². The second-order valence-electron chi connectivity index (χ2n) is 6.82. The normalized spacial score (nSPS) is 21.6. The van der Waals surface area contributed by atoms with Gasteiger partial charge in [-0.05, 0) is 38.5 Å². The van der Waals surface area contributed by atoms with Gasteiger partial charge < -0.3 is 25.2 Å². The van der Waals surface area contributed by atoms with Gasteiger partial charge in [-0.2, -0.15) is 5.26 Å². The van der Waals surface area contributed by atoms with E-state index in [1.165, 1.54) is 7.11 Å². The van der Waals surface area contributed by atoms with Crippen LogP contribution in [0.1, 0.15) is 37.8 Å². The minimum atomic E-state index is -1.07. The number of methoxy groups -OCH3 is 1. The molecular weight excluding hydrogens is 358 g/mol. The maximum absolute atomic E-state index is 12.2. The number of carboxylic acid groups (broad SMARTS) is 1. The monoisotopic (exact) mass is 381 g/mol. The number of benzene rings is 1. The molecule has 1 aromatic carbocycles. The predicted octanol–water partition coefficient (Wildman–Crippen LogP) is 2.42. The Kier molecular flexibility index (Phi) is 5.16. The fourth-order valence-corrected chi connectivity index (χ4v) is 3.90. The molecule has 0 amide bonds. The number of nitrogens with zero attached hydrogens (tertiary/aromatic N) is 2. The van der Waals surface area contributed by atoms with Crippen LogP contribution in [-0.2, 0) is 4.79 Å². The lowest BCUT2D eigenvalue weighted by molar-refractivity contribution is -0.133. The van der Waals surface area contributed by atoms with Crippen molar-refractivity contribution in [1.29, 1.82) is 5.26 Å². The summed E-state index contributed by atoms with van der Waals surface area (Å²) in [6, 6.07) is 6.98. The number of hydrogen-bond donors (Lipinski definition) is 3. The van der Waals surface area contributed by atoms with Crippen LogP contribution in [0.4, 0.5) is 0 Å². The van der Waals surface area contributed by atoms with E-state index < -0.39 is 18.1 Å². The Morgan fingerprint density at radius 1 is 1.39 bits per heavy atom. The highest BCUT2D eigenvalue weighted by Crippen LogP contribution is 2.46. The maximum atomic E-state index is 12.2. The maximum Gasteiger partial charge on any atom is 0.334 e. The summed E-state index contributed by atoms with van der Waals surface area (Å²) in [5.41, 5.74) is 3.85. The lowest BCUT2D eigenvalue weighted by Gasteiger charge is -2.41. The minimum Gasteiger partial charge on any atom is -0.496 e. The van der Waals surface area contributed by atoms with Gasteiger partial charge >= 0.3 is 5.97 Å². The number of aliphatic carboxylic acids is 1. The van der Waals surface area contributed by atoms with Gasteiger partial charge in [-0.3, -0.25) is 0 Å². The van der Waals surface area contributed by atoms with E-state index in [-0.39, 0.29) is 5.57 Å². The van der Waals surface area contributed by atoms with Crippen molar-refractivity contribution in [3.8, 4) is 11.8 Å². The van der Waals surface area contributed by atoms with Gasteiger partial charge in [0.1, 0.15) is 5.75 Å². The van der Waals surface area contributed by atoms with Crippen molar-refractivity contribution >= 4 is 5.97 Å². The number of hydrogen-bond acceptors (Lipinski definition) is 6. The van der Waals surface area contributed by atoms with Crippen molar-refractivity contribution in [3.05, 3.63) is 63.6 Å². The van der Waals surface area contributed by atoms with Gasteiger partial charge in [-0.1, -0.05) is 6.07 Å². The summed E-state index contributed by atoms with van der Waals surface area (Å²) >= 11 is 0. The molecule has 3 N–H and O–H groups in total. The zero-order valence-corrected chi connectivity index (χ0v) is 16.3. The van der Waals surface area contributed by atoms with E-state index in [9.17, 15) is 20.3 Å². The van der Waals surface area contributed by atoms with Gasteiger partial charge in [0.2, 0.25) is 0 Å². The third kappa shape index (κ3) is 3.02. The fraction of sp³-hybridized carbons (Fsp3) is 0.333. The Balaban J connectivity index is 2.30. The van der Waals surface area contributed by atoms with Crippen molar-refractivity contribution in [3.63, 3.8) is 0 Å². The van der Waals surface area contributed by atoms with Crippen molar-refractivity contribution in [1.82, 2.24) is 10.2 Å². The SMILES string of the molecule is CCN1C=C(C)C2=C(C(c3ccc(C#N)cc3OC)C(C(=O)O)=C(C)N2)C1O. The van der Waals surface area contributed by atoms with Gasteiger partial charge in [0.05, 0.1) is 24.3 Å². The van der Waals surface area contributed by atoms with E-state index in [2.05, 4.69) is 11.4 Å². The first-order chi connectivity index (χ1) is 13.3. The van der Waals surface area contributed by atoms with Crippen LogP contribution in [0.15, 0.2) is 52.5 Å². The van der Waals surface area contributed by atoms with Crippen LogP contribution < -0.4 is 10.1 Å². The van der Waals surface area contributed by atoms with Crippen molar-refractivity contribution in [2.75, 3.05) is 13.7 Å². The summed E-state index contributed by atoms with van der Waals surface area (Å²) in [7, 11) is 1.48. The molecule has 28 heavy (non-hydrogen) atoms. The molecule has 7 heteroatoms. The molecule has 1 aromatic rings. The van der Waals surface area contributed by atoms with Crippen LogP contribution in [0, 0.1) is 11.3 Å². The average molecular weight is 381 g/mol. The highest BCUT2D eigenvalue weighted by Gasteiger charge is 2.41. The lowest BCUT2D eigenvalue weighted by atomic mass is 9.77. The van der Waals surface area contributed by atoms with Crippen LogP contribution >= 0.6 is 0 Å². The Labute approximate surface area is 163 Å². The van der Waals surface area contributed by atoms with Gasteiger partial charge in [-0.25, -0.2) is 4.79 Å². The molecule has 0 fully saturated rings. The number of likely N-dealkylation sites (N-methyl/N-ethyl adjacent to an activating group) is 1. The summed E-state index contributed by atoms with van der Waals surface area (Å²) in [4.78, 5) is 13.9. The number of nitriles is 1. The molecular formula is C21H23N3O4. The first kappa shape index (κ1) is 19.5. The Bertz CT molecular complexity index is 968. The molecule has 2 atom stereocenters. The second-order valence-corrected chi connectivity index (χ2v) is 6.82. The van der Waals surface area contributed by atoms with Crippen LogP contribution in [-0.4, -0.2) is 41.0 Å². The van der Waals surface area contributed by atoms with Gasteiger partial charge in [0.15, 0.2) is 6.23 Å². The molecule has 0 bridgehead atoms. The van der Waals surface area contributed by atoms with Crippen LogP contribution in [0.25, 0.3) is 0 Å². The molecule has 2 aliphatic heterocycles. The topological polar surface area (TPSA) is 106 Å². The van der Waals surface area contributed by atoms with E-state index in [1.807, 2.05) is 20.0 Å². The lowest BCUT2D eigenvalue weighted by Crippen LogP contribution is -2.43. The molecule has 146 valence electrons. The quantitative estimate of drug-likeness (QED) is 0.735. The molecule has 0 aliphatic carbocycles. The smallest absolute Gasteiger partial charge is 0.334 e. The molecule has 0 radical (unpaired) electrons. The Morgan fingerprint density at radius 3 is 2.68 bits per heavy atom. The summed E-state index contributed by atoms with van der Waals surface area (Å²) in [6.07, 6.45) is 0.881. The molecule has 0 saturated carbocycles. The number of carboxylic acids is 1. The number of aliphatic hydroxyl groups is 1. The number of carbonyl (C=O) groups is 1. The minimum absolute atomic E-state index is 0.145. The van der Waals surface area contributed by atoms with Crippen molar-refractivity contribution in [2.24, 2.45) is 0 Å². The number of allylic oxidation sites excluding steroid dienone is 2. The van der Waals surface area contributed by atoms with Crippen molar-refractivity contribution in [2.45, 2.75) is 32.9 Å². The zero-order valence-electron chi connectivity index (χ0n) is 16.3. The van der Waals surface area contributed by atoms with Crippen molar-refractivity contribution < 1.29 is 19.7 Å². The fourth-order valence-electron chi connectivity index (χ4n) is 3.90. The predicted molar refractivity (Wildman–Crippen MR) is 103 cm³/mol. The summed E-state index contributed by atoms with van der Waals surface area (Å²) in [5, 5.41) is 33.3. The van der Waals surface area contributed by atoms with Crippen LogP contribution in [0.3, 0.4) is 0 Å². The van der Waals surface area contributed by atoms with Gasteiger partial charge in [-0.15, -0.1) is 0 Å². The third-order valence-electron chi connectivity index (χ3n) is 5.22. The van der Waals surface area contributed by atoms with E-state index in [4.69, 9.17) is 4.74 Å². The number of nitrogens with one attached hydrogen (secondary N) is 1. The van der Waals surface area contributed by atoms with Gasteiger partial charge in [0, 0.05) is 41.2 Å². The Hall–Kier alpha value is -3.24. The average Bonchev–Trinajstić information content (AvgIpc) is 2.68. The van der Waals surface area contributed by atoms with E-state index in [0.717, 1.165) is 11.3 Å². The number of rotatable bonds is 4. The highest BCUT2D eigenvalue weighted by atomic mass is 16.5. The molecule has 7 nitrogen and oxygen atoms in total. The first-order valence-corrected chi connectivity index (χ1v) is 8.99. The number of dihydropyridines is 1. The van der Waals surface area contributed by atoms with Gasteiger partial charge in [0.25, 0.3) is 0 Å².